The highest BCUT2D eigenvalue weighted by atomic mass is 16.7. The Kier molecular flexibility index (Phi) is 46.2. The van der Waals surface area contributed by atoms with E-state index in [1.165, 1.54) is 64.2 Å². The monoisotopic (exact) mass is 1050 g/mol. The summed E-state index contributed by atoms with van der Waals surface area (Å²) < 4.78 is 28.3. The van der Waals surface area contributed by atoms with Gasteiger partial charge in [0.25, 0.3) is 0 Å². The minimum absolute atomic E-state index is 0.0502. The maximum atomic E-state index is 13.1. The van der Waals surface area contributed by atoms with E-state index in [2.05, 4.69) is 118 Å². The fourth-order valence-electron chi connectivity index (χ4n) is 8.23. The molecule has 0 aromatic rings. The van der Waals surface area contributed by atoms with E-state index in [0.29, 0.717) is 19.3 Å². The fourth-order valence-corrected chi connectivity index (χ4v) is 8.23. The lowest BCUT2D eigenvalue weighted by atomic mass is 9.98. The maximum absolute atomic E-state index is 13.1. The third-order valence-corrected chi connectivity index (χ3v) is 12.7. The average molecular weight is 1050 g/mol. The minimum atomic E-state index is -1.92. The molecule has 0 bridgehead atoms. The molecule has 12 nitrogen and oxygen atoms in total. The number of aliphatic carboxylic acids is 1. The Morgan fingerprint density at radius 1 is 0.453 bits per heavy atom. The summed E-state index contributed by atoms with van der Waals surface area (Å²) >= 11 is 0. The predicted molar refractivity (Wildman–Crippen MR) is 303 cm³/mol. The maximum Gasteiger partial charge on any atom is 0.335 e. The van der Waals surface area contributed by atoms with E-state index in [9.17, 15) is 34.5 Å². The lowest BCUT2D eigenvalue weighted by Crippen LogP contribution is -2.61. The van der Waals surface area contributed by atoms with Crippen molar-refractivity contribution in [2.45, 2.75) is 263 Å². The molecule has 1 aliphatic heterocycles. The standard InChI is InChI=1S/C63H102O12/c1-4-7-10-13-16-19-22-25-28-31-34-37-40-43-46-49-55(64)71-52-54(73-56(65)50-47-44-41-38-35-32-29-26-23-20-17-14-11-8-5-2)53-72-63-61(59(68)58(67)60(75-63)62(69)70)74-57(66)51-48-45-42-39-36-33-30-27-24-21-18-15-12-9-6-3/h7-8,10-11,16-17,19-20,25-26,28-29,34-35,37-38,54,58-61,63,67-68H,4-6,9,12-15,18,21-24,27,30-33,36,39-53H2,1-3H3,(H,69,70)/b10-7-,11-8-,19-16-,20-17-,28-25-,29-26-,37-34-,38-35-. The number of carboxylic acid groups (broad SMARTS) is 1. The van der Waals surface area contributed by atoms with Crippen molar-refractivity contribution < 1.29 is 58.2 Å². The van der Waals surface area contributed by atoms with E-state index < -0.39 is 67.3 Å². The van der Waals surface area contributed by atoms with E-state index in [4.69, 9.17) is 23.7 Å². The van der Waals surface area contributed by atoms with Gasteiger partial charge in [-0.3, -0.25) is 14.4 Å². The van der Waals surface area contributed by atoms with E-state index in [1.807, 2.05) is 0 Å². The number of aliphatic hydroxyl groups is 2. The van der Waals surface area contributed by atoms with Gasteiger partial charge < -0.3 is 39.0 Å². The van der Waals surface area contributed by atoms with E-state index in [-0.39, 0.29) is 25.9 Å². The highest BCUT2D eigenvalue weighted by Crippen LogP contribution is 2.26. The van der Waals surface area contributed by atoms with Crippen LogP contribution in [-0.2, 0) is 42.9 Å². The number of carboxylic acids is 1. The van der Waals surface area contributed by atoms with Crippen molar-refractivity contribution >= 4 is 23.9 Å². The Labute approximate surface area is 453 Å². The van der Waals surface area contributed by atoms with Crippen molar-refractivity contribution in [1.82, 2.24) is 0 Å². The first kappa shape index (κ1) is 68.7. The molecule has 12 heteroatoms. The van der Waals surface area contributed by atoms with Crippen LogP contribution in [0.4, 0.5) is 0 Å². The van der Waals surface area contributed by atoms with E-state index in [1.54, 1.807) is 0 Å². The molecule has 1 fully saturated rings. The van der Waals surface area contributed by atoms with Crippen LogP contribution in [0.2, 0.25) is 0 Å². The second-order valence-electron chi connectivity index (χ2n) is 19.5. The van der Waals surface area contributed by atoms with Crippen molar-refractivity contribution in [3.05, 3.63) is 97.2 Å². The zero-order chi connectivity index (χ0) is 54.7. The highest BCUT2D eigenvalue weighted by molar-refractivity contribution is 5.74. The average Bonchev–Trinajstić information content (AvgIpc) is 3.39. The SMILES string of the molecule is CC/C=C\C/C=C\C/C=C\C/C=C\CCCCC(=O)OCC(COC1OC(C(=O)O)C(O)C(O)C1OC(=O)CCCCCCCCCCCCCCCCC)OC(=O)CCCC/C=C\C/C=C\C/C=C\C/C=C\CC. The molecule has 1 saturated heterocycles. The largest absolute Gasteiger partial charge is 0.479 e. The van der Waals surface area contributed by atoms with Crippen molar-refractivity contribution in [1.29, 1.82) is 0 Å². The number of unbranched alkanes of at least 4 members (excludes halogenated alkanes) is 18. The third-order valence-electron chi connectivity index (χ3n) is 12.7. The molecular formula is C63H102O12. The Morgan fingerprint density at radius 2 is 0.840 bits per heavy atom. The summed E-state index contributed by atoms with van der Waals surface area (Å²) in [6.45, 7) is 5.69. The molecule has 0 aliphatic carbocycles. The summed E-state index contributed by atoms with van der Waals surface area (Å²) in [7, 11) is 0. The number of allylic oxidation sites excluding steroid dienone is 16. The van der Waals surface area contributed by atoms with Crippen molar-refractivity contribution in [2.24, 2.45) is 0 Å². The fraction of sp³-hybridized carbons (Fsp3) is 0.683. The smallest absolute Gasteiger partial charge is 0.335 e. The number of carbonyl (C=O) groups excluding carboxylic acids is 3. The van der Waals surface area contributed by atoms with Crippen LogP contribution < -0.4 is 0 Å². The summed E-state index contributed by atoms with van der Waals surface area (Å²) in [5, 5.41) is 31.5. The lowest BCUT2D eigenvalue weighted by Gasteiger charge is -2.40. The Morgan fingerprint density at radius 3 is 1.28 bits per heavy atom. The molecule has 75 heavy (non-hydrogen) atoms. The molecule has 0 aromatic heterocycles. The van der Waals surface area contributed by atoms with Crippen LogP contribution in [0.3, 0.4) is 0 Å². The molecule has 0 saturated carbocycles. The minimum Gasteiger partial charge on any atom is -0.479 e. The Balaban J connectivity index is 2.75. The van der Waals surface area contributed by atoms with Crippen molar-refractivity contribution in [2.75, 3.05) is 13.2 Å². The van der Waals surface area contributed by atoms with Gasteiger partial charge in [0.1, 0.15) is 18.8 Å². The third kappa shape index (κ3) is 40.6. The number of ether oxygens (including phenoxy) is 5. The van der Waals surface area contributed by atoms with E-state index in [0.717, 1.165) is 103 Å². The molecule has 0 radical (unpaired) electrons. The van der Waals surface area contributed by atoms with Crippen LogP contribution in [0, 0.1) is 0 Å². The summed E-state index contributed by atoms with van der Waals surface area (Å²) in [5.74, 6) is -3.24. The molecule has 0 spiro atoms. The van der Waals surface area contributed by atoms with Gasteiger partial charge in [-0.2, -0.15) is 0 Å². The van der Waals surface area contributed by atoms with Crippen LogP contribution in [0.5, 0.6) is 0 Å². The molecule has 1 heterocycles. The van der Waals surface area contributed by atoms with Crippen LogP contribution in [0.1, 0.15) is 226 Å². The number of carbonyl (C=O) groups is 4. The highest BCUT2D eigenvalue weighted by Gasteiger charge is 2.50. The molecule has 1 rings (SSSR count). The first-order valence-electron chi connectivity index (χ1n) is 29.2. The molecule has 0 amide bonds. The number of rotatable bonds is 48. The Hall–Kier alpha value is -4.36. The van der Waals surface area contributed by atoms with Gasteiger partial charge in [0.05, 0.1) is 6.61 Å². The quantitative estimate of drug-likeness (QED) is 0.0228. The molecule has 426 valence electrons. The lowest BCUT2D eigenvalue weighted by molar-refractivity contribution is -0.301. The zero-order valence-electron chi connectivity index (χ0n) is 46.8. The molecule has 0 aromatic carbocycles. The number of aliphatic hydroxyl groups excluding tert-OH is 2. The van der Waals surface area contributed by atoms with Gasteiger partial charge >= 0.3 is 23.9 Å². The molecule has 1 aliphatic rings. The van der Waals surface area contributed by atoms with Crippen molar-refractivity contribution in [3.8, 4) is 0 Å². The molecule has 6 atom stereocenters. The van der Waals surface area contributed by atoms with Gasteiger partial charge in [-0.25, -0.2) is 4.79 Å². The van der Waals surface area contributed by atoms with Crippen LogP contribution in [0.25, 0.3) is 0 Å². The van der Waals surface area contributed by atoms with Gasteiger partial charge in [0.15, 0.2) is 24.6 Å². The van der Waals surface area contributed by atoms with Crippen LogP contribution in [0.15, 0.2) is 97.2 Å². The molecular weight excluding hydrogens is 949 g/mol. The van der Waals surface area contributed by atoms with E-state index >= 15 is 0 Å². The summed E-state index contributed by atoms with van der Waals surface area (Å²) in [4.78, 5) is 51.1. The zero-order valence-corrected chi connectivity index (χ0v) is 46.8. The molecule has 6 unspecified atom stereocenters. The van der Waals surface area contributed by atoms with Crippen LogP contribution in [-0.4, -0.2) is 89.2 Å². The normalized spacial score (nSPS) is 18.9. The van der Waals surface area contributed by atoms with Gasteiger partial charge in [0.2, 0.25) is 0 Å². The number of hydrogen-bond acceptors (Lipinski definition) is 11. The topological polar surface area (TPSA) is 175 Å². The van der Waals surface area contributed by atoms with Gasteiger partial charge in [-0.05, 0) is 96.3 Å². The molecule has 3 N–H and O–H groups in total. The summed E-state index contributed by atoms with van der Waals surface area (Å²) in [6, 6.07) is 0. The summed E-state index contributed by atoms with van der Waals surface area (Å²) in [6.07, 6.45) is 53.8. The van der Waals surface area contributed by atoms with Gasteiger partial charge in [-0.1, -0.05) is 208 Å². The Bertz CT molecular complexity index is 1670. The number of esters is 3. The number of hydrogen-bond donors (Lipinski definition) is 3. The van der Waals surface area contributed by atoms with Gasteiger partial charge in [0, 0.05) is 19.3 Å². The second-order valence-corrected chi connectivity index (χ2v) is 19.5. The second kappa shape index (κ2) is 50.5. The first-order valence-corrected chi connectivity index (χ1v) is 29.2. The predicted octanol–water partition coefficient (Wildman–Crippen LogP) is 14.9. The summed E-state index contributed by atoms with van der Waals surface area (Å²) in [5.41, 5.74) is 0. The first-order chi connectivity index (χ1) is 36.6. The van der Waals surface area contributed by atoms with Crippen LogP contribution >= 0.6 is 0 Å². The van der Waals surface area contributed by atoms with Crippen molar-refractivity contribution in [3.63, 3.8) is 0 Å². The van der Waals surface area contributed by atoms with Gasteiger partial charge in [-0.15, -0.1) is 0 Å².